The monoisotopic (exact) mass is 332 g/mol. The third-order valence-corrected chi connectivity index (χ3v) is 4.01. The van der Waals surface area contributed by atoms with Crippen molar-refractivity contribution in [3.8, 4) is 0 Å². The molecule has 4 heterocycles. The zero-order valence-corrected chi connectivity index (χ0v) is 12.5. The van der Waals surface area contributed by atoms with Gasteiger partial charge in [-0.2, -0.15) is 14.7 Å². The predicted octanol–water partition coefficient (Wildman–Crippen LogP) is 2.06. The van der Waals surface area contributed by atoms with Crippen LogP contribution in [-0.4, -0.2) is 37.5 Å². The van der Waals surface area contributed by atoms with Crippen molar-refractivity contribution in [3.63, 3.8) is 0 Å². The molecular formula is C13H13BrN6. The molecule has 3 aromatic heterocycles. The number of aromatic nitrogens is 5. The summed E-state index contributed by atoms with van der Waals surface area (Å²) in [5, 5.41) is 8.69. The number of aryl methyl sites for hydroxylation is 1. The van der Waals surface area contributed by atoms with Gasteiger partial charge in [0.2, 0.25) is 0 Å². The molecule has 7 heteroatoms. The van der Waals surface area contributed by atoms with Crippen molar-refractivity contribution in [1.82, 2.24) is 24.4 Å². The van der Waals surface area contributed by atoms with E-state index >= 15 is 0 Å². The van der Waals surface area contributed by atoms with Gasteiger partial charge in [-0.3, -0.25) is 4.68 Å². The van der Waals surface area contributed by atoms with Gasteiger partial charge in [0, 0.05) is 37.1 Å². The minimum atomic E-state index is 0.417. The molecule has 0 unspecified atom stereocenters. The zero-order valence-electron chi connectivity index (χ0n) is 10.9. The fourth-order valence-electron chi connectivity index (χ4n) is 2.57. The van der Waals surface area contributed by atoms with Crippen molar-refractivity contribution < 1.29 is 0 Å². The largest absolute Gasteiger partial charge is 0.352 e. The van der Waals surface area contributed by atoms with Crippen molar-refractivity contribution in [2.24, 2.45) is 0 Å². The van der Waals surface area contributed by atoms with Gasteiger partial charge < -0.3 is 4.90 Å². The summed E-state index contributed by atoms with van der Waals surface area (Å²) in [6, 6.07) is 4.42. The summed E-state index contributed by atoms with van der Waals surface area (Å²) in [5.74, 6) is 1.10. The maximum atomic E-state index is 4.47. The topological polar surface area (TPSA) is 51.2 Å². The standard InChI is InChI=1S/C13H13BrN6/c1-9-4-13(20-12(17-9)2-3-15-20)18-7-11(8-18)19-6-10(14)5-16-19/h2-6,11H,7-8H2,1H3. The molecular weight excluding hydrogens is 320 g/mol. The van der Waals surface area contributed by atoms with Crippen LogP contribution < -0.4 is 4.90 Å². The van der Waals surface area contributed by atoms with Gasteiger partial charge in [-0.15, -0.1) is 0 Å². The van der Waals surface area contributed by atoms with E-state index in [1.54, 1.807) is 6.20 Å². The van der Waals surface area contributed by atoms with E-state index < -0.39 is 0 Å². The summed E-state index contributed by atoms with van der Waals surface area (Å²) >= 11 is 3.43. The molecule has 0 spiro atoms. The van der Waals surface area contributed by atoms with E-state index in [0.717, 1.165) is 34.7 Å². The third-order valence-electron chi connectivity index (χ3n) is 3.60. The number of hydrogen-bond donors (Lipinski definition) is 0. The van der Waals surface area contributed by atoms with Crippen LogP contribution in [0.25, 0.3) is 5.65 Å². The van der Waals surface area contributed by atoms with Crippen molar-refractivity contribution in [2.45, 2.75) is 13.0 Å². The van der Waals surface area contributed by atoms with Crippen LogP contribution in [0.2, 0.25) is 0 Å². The van der Waals surface area contributed by atoms with Crippen molar-refractivity contribution in [2.75, 3.05) is 18.0 Å². The van der Waals surface area contributed by atoms with E-state index in [9.17, 15) is 0 Å². The molecule has 1 saturated heterocycles. The molecule has 0 aliphatic carbocycles. The van der Waals surface area contributed by atoms with E-state index in [1.165, 1.54) is 0 Å². The number of rotatable bonds is 2. The lowest BCUT2D eigenvalue weighted by atomic mass is 10.1. The summed E-state index contributed by atoms with van der Waals surface area (Å²) in [6.45, 7) is 3.89. The quantitative estimate of drug-likeness (QED) is 0.720. The van der Waals surface area contributed by atoms with E-state index in [-0.39, 0.29) is 0 Å². The number of halogens is 1. The molecule has 0 radical (unpaired) electrons. The highest BCUT2D eigenvalue weighted by molar-refractivity contribution is 9.10. The van der Waals surface area contributed by atoms with Crippen molar-refractivity contribution >= 4 is 27.4 Å². The average Bonchev–Trinajstić information content (AvgIpc) is 2.96. The Morgan fingerprint density at radius 2 is 2.15 bits per heavy atom. The lowest BCUT2D eigenvalue weighted by Gasteiger charge is -2.40. The Bertz CT molecular complexity index is 770. The number of nitrogens with zero attached hydrogens (tertiary/aromatic N) is 6. The van der Waals surface area contributed by atoms with Gasteiger partial charge >= 0.3 is 0 Å². The predicted molar refractivity (Wildman–Crippen MR) is 78.9 cm³/mol. The summed E-state index contributed by atoms with van der Waals surface area (Å²) < 4.78 is 4.92. The van der Waals surface area contributed by atoms with E-state index in [1.807, 2.05) is 34.6 Å². The fraction of sp³-hybridized carbons (Fsp3) is 0.308. The van der Waals surface area contributed by atoms with Crippen LogP contribution in [0.15, 0.2) is 35.2 Å². The third kappa shape index (κ3) is 1.81. The number of anilines is 1. The van der Waals surface area contributed by atoms with E-state index in [2.05, 4.69) is 42.1 Å². The summed E-state index contributed by atoms with van der Waals surface area (Å²) in [4.78, 5) is 6.77. The van der Waals surface area contributed by atoms with Gasteiger partial charge in [0.15, 0.2) is 5.65 Å². The van der Waals surface area contributed by atoms with Gasteiger partial charge in [0.05, 0.1) is 22.9 Å². The Morgan fingerprint density at radius 3 is 2.90 bits per heavy atom. The molecule has 0 saturated carbocycles. The molecule has 20 heavy (non-hydrogen) atoms. The highest BCUT2D eigenvalue weighted by atomic mass is 79.9. The van der Waals surface area contributed by atoms with E-state index in [0.29, 0.717) is 6.04 Å². The molecule has 1 aliphatic heterocycles. The van der Waals surface area contributed by atoms with Gasteiger partial charge in [0.25, 0.3) is 0 Å². The SMILES string of the molecule is Cc1cc(N2CC(n3cc(Br)cn3)C2)n2nccc2n1. The van der Waals surface area contributed by atoms with Gasteiger partial charge in [-0.1, -0.05) is 0 Å². The molecule has 3 aromatic rings. The first-order valence-corrected chi connectivity index (χ1v) is 7.26. The molecule has 0 bridgehead atoms. The van der Waals surface area contributed by atoms with Crippen LogP contribution in [0.1, 0.15) is 11.7 Å². The maximum absolute atomic E-state index is 4.47. The molecule has 1 fully saturated rings. The normalized spacial score (nSPS) is 15.8. The summed E-state index contributed by atoms with van der Waals surface area (Å²) in [7, 11) is 0. The van der Waals surface area contributed by atoms with Gasteiger partial charge in [-0.25, -0.2) is 4.98 Å². The minimum Gasteiger partial charge on any atom is -0.352 e. The Morgan fingerprint density at radius 1 is 1.30 bits per heavy atom. The van der Waals surface area contributed by atoms with E-state index in [4.69, 9.17) is 0 Å². The lowest BCUT2D eigenvalue weighted by molar-refractivity contribution is 0.364. The van der Waals surface area contributed by atoms with Crippen molar-refractivity contribution in [1.29, 1.82) is 0 Å². The summed E-state index contributed by atoms with van der Waals surface area (Å²) in [6.07, 6.45) is 5.63. The zero-order chi connectivity index (χ0) is 13.7. The average molecular weight is 333 g/mol. The molecule has 102 valence electrons. The second kappa shape index (κ2) is 4.31. The maximum Gasteiger partial charge on any atom is 0.157 e. The minimum absolute atomic E-state index is 0.417. The molecule has 1 aliphatic rings. The molecule has 4 rings (SSSR count). The molecule has 0 amide bonds. The van der Waals surface area contributed by atoms with Crippen LogP contribution >= 0.6 is 15.9 Å². The van der Waals surface area contributed by atoms with Gasteiger partial charge in [-0.05, 0) is 22.9 Å². The van der Waals surface area contributed by atoms with Gasteiger partial charge in [0.1, 0.15) is 5.82 Å². The fourth-order valence-corrected chi connectivity index (χ4v) is 2.87. The second-order valence-corrected chi connectivity index (χ2v) is 5.97. The number of hydrogen-bond acceptors (Lipinski definition) is 4. The number of fused-ring (bicyclic) bond motifs is 1. The molecule has 0 atom stereocenters. The highest BCUT2D eigenvalue weighted by Gasteiger charge is 2.30. The Kier molecular flexibility index (Phi) is 2.56. The molecule has 0 aromatic carbocycles. The van der Waals surface area contributed by atoms with Crippen LogP contribution in [-0.2, 0) is 0 Å². The first-order valence-electron chi connectivity index (χ1n) is 6.47. The summed E-state index contributed by atoms with van der Waals surface area (Å²) in [5.41, 5.74) is 1.91. The van der Waals surface area contributed by atoms with Crippen LogP contribution in [0, 0.1) is 6.92 Å². The van der Waals surface area contributed by atoms with Crippen molar-refractivity contribution in [3.05, 3.63) is 40.9 Å². The molecule has 0 N–H and O–H groups in total. The van der Waals surface area contributed by atoms with Crippen LogP contribution in [0.3, 0.4) is 0 Å². The van der Waals surface area contributed by atoms with Crippen LogP contribution in [0.5, 0.6) is 0 Å². The second-order valence-electron chi connectivity index (χ2n) is 5.05. The first kappa shape index (κ1) is 11.9. The first-order chi connectivity index (χ1) is 9.70. The molecule has 6 nitrogen and oxygen atoms in total. The Hall–Kier alpha value is -1.89. The van der Waals surface area contributed by atoms with Crippen LogP contribution in [0.4, 0.5) is 5.82 Å². The highest BCUT2D eigenvalue weighted by Crippen LogP contribution is 2.28. The Balaban J connectivity index is 1.61. The smallest absolute Gasteiger partial charge is 0.157 e. The lowest BCUT2D eigenvalue weighted by Crippen LogP contribution is -2.48. The Labute approximate surface area is 124 Å².